The molecular formula is C27H31Cl2N3O3. The second-order valence-corrected chi connectivity index (χ2v) is 10.0. The number of fused-ring (bicyclic) bond motifs is 1. The molecule has 1 atom stereocenters. The normalized spacial score (nSPS) is 16.9. The van der Waals surface area contributed by atoms with Gasteiger partial charge in [0.2, 0.25) is 0 Å². The third kappa shape index (κ3) is 6.05. The van der Waals surface area contributed by atoms with Crippen LogP contribution in [0, 0.1) is 0 Å². The Morgan fingerprint density at radius 1 is 1.00 bits per heavy atom. The standard InChI is InChI=1S/C27H31Cl2N3O3/c28-21-9-10-26(25(29)17-21)31-14-12-30(13-15-31)11-2-1-5-20-6-3-8-23-24(20)18-32(27(23)35)22(19-34)7-4-16-33/h3,6,8-10,16-17,19,22H,1-2,4-5,7,11-15,18H2. The highest BCUT2D eigenvalue weighted by molar-refractivity contribution is 6.36. The van der Waals surface area contributed by atoms with Crippen molar-refractivity contribution in [3.63, 3.8) is 0 Å². The largest absolute Gasteiger partial charge is 0.368 e. The van der Waals surface area contributed by atoms with Gasteiger partial charge in [0.25, 0.3) is 5.91 Å². The monoisotopic (exact) mass is 515 g/mol. The van der Waals surface area contributed by atoms with Gasteiger partial charge in [0.15, 0.2) is 0 Å². The fourth-order valence-electron chi connectivity index (χ4n) is 5.06. The van der Waals surface area contributed by atoms with Gasteiger partial charge in [0, 0.05) is 49.7 Å². The average Bonchev–Trinajstić information content (AvgIpc) is 3.20. The number of carbonyl (C=O) groups excluding carboxylic acids is 3. The van der Waals surface area contributed by atoms with Crippen LogP contribution in [0.4, 0.5) is 5.69 Å². The molecule has 0 aliphatic carbocycles. The molecule has 1 saturated heterocycles. The van der Waals surface area contributed by atoms with Crippen molar-refractivity contribution in [1.82, 2.24) is 9.80 Å². The number of benzene rings is 2. The minimum atomic E-state index is -0.547. The number of unbranched alkanes of at least 4 members (excludes halogenated alkanes) is 1. The van der Waals surface area contributed by atoms with Crippen molar-refractivity contribution in [2.75, 3.05) is 37.6 Å². The Morgan fingerprint density at radius 2 is 1.80 bits per heavy atom. The molecule has 186 valence electrons. The van der Waals surface area contributed by atoms with E-state index >= 15 is 0 Å². The number of rotatable bonds is 11. The van der Waals surface area contributed by atoms with Crippen molar-refractivity contribution in [2.45, 2.75) is 44.7 Å². The summed E-state index contributed by atoms with van der Waals surface area (Å²) in [6.07, 6.45) is 5.26. The van der Waals surface area contributed by atoms with Gasteiger partial charge in [-0.3, -0.25) is 9.69 Å². The van der Waals surface area contributed by atoms with Crippen LogP contribution in [0.25, 0.3) is 0 Å². The van der Waals surface area contributed by atoms with Crippen molar-refractivity contribution in [3.05, 3.63) is 63.1 Å². The van der Waals surface area contributed by atoms with E-state index in [1.807, 2.05) is 24.3 Å². The quantitative estimate of drug-likeness (QED) is 0.322. The molecule has 2 aromatic carbocycles. The molecular weight excluding hydrogens is 485 g/mol. The van der Waals surface area contributed by atoms with Crippen molar-refractivity contribution in [1.29, 1.82) is 0 Å². The predicted octanol–water partition coefficient (Wildman–Crippen LogP) is 4.64. The summed E-state index contributed by atoms with van der Waals surface area (Å²) in [5.41, 5.74) is 3.95. The van der Waals surface area contributed by atoms with Crippen molar-refractivity contribution in [3.8, 4) is 0 Å². The first-order valence-corrected chi connectivity index (χ1v) is 13.0. The summed E-state index contributed by atoms with van der Waals surface area (Å²) in [6.45, 7) is 5.36. The topological polar surface area (TPSA) is 60.9 Å². The molecule has 1 unspecified atom stereocenters. The highest BCUT2D eigenvalue weighted by Gasteiger charge is 2.33. The summed E-state index contributed by atoms with van der Waals surface area (Å²) in [7, 11) is 0. The summed E-state index contributed by atoms with van der Waals surface area (Å²) < 4.78 is 0. The zero-order valence-corrected chi connectivity index (χ0v) is 21.3. The Hall–Kier alpha value is -2.41. The van der Waals surface area contributed by atoms with E-state index in [1.165, 1.54) is 5.56 Å². The number of hydrogen-bond acceptors (Lipinski definition) is 5. The van der Waals surface area contributed by atoms with Gasteiger partial charge in [-0.2, -0.15) is 0 Å². The molecule has 2 aliphatic rings. The fourth-order valence-corrected chi connectivity index (χ4v) is 5.59. The number of amides is 1. The number of halogens is 2. The number of anilines is 1. The van der Waals surface area contributed by atoms with Crippen LogP contribution < -0.4 is 4.90 Å². The maximum Gasteiger partial charge on any atom is 0.255 e. The number of nitrogens with zero attached hydrogens (tertiary/aromatic N) is 3. The van der Waals surface area contributed by atoms with Crippen LogP contribution in [0.5, 0.6) is 0 Å². The van der Waals surface area contributed by atoms with E-state index in [4.69, 9.17) is 23.2 Å². The molecule has 35 heavy (non-hydrogen) atoms. The highest BCUT2D eigenvalue weighted by Crippen LogP contribution is 2.30. The van der Waals surface area contributed by atoms with Crippen LogP contribution in [-0.4, -0.2) is 67.0 Å². The second-order valence-electron chi connectivity index (χ2n) is 9.21. The van der Waals surface area contributed by atoms with E-state index < -0.39 is 6.04 Å². The summed E-state index contributed by atoms with van der Waals surface area (Å²) >= 11 is 12.4. The van der Waals surface area contributed by atoms with Gasteiger partial charge in [0.05, 0.1) is 16.8 Å². The molecule has 2 heterocycles. The Balaban J connectivity index is 1.25. The molecule has 0 aromatic heterocycles. The van der Waals surface area contributed by atoms with Gasteiger partial charge < -0.3 is 19.4 Å². The number of piperazine rings is 1. The number of hydrogen-bond donors (Lipinski definition) is 0. The molecule has 6 nitrogen and oxygen atoms in total. The van der Waals surface area contributed by atoms with Gasteiger partial charge in [0.1, 0.15) is 12.6 Å². The number of carbonyl (C=O) groups is 3. The van der Waals surface area contributed by atoms with E-state index in [0.717, 1.165) is 75.8 Å². The molecule has 2 aromatic rings. The Kier molecular flexibility index (Phi) is 8.82. The fraction of sp³-hybridized carbons (Fsp3) is 0.444. The Bertz CT molecular complexity index is 1070. The van der Waals surface area contributed by atoms with Crippen LogP contribution in [0.2, 0.25) is 10.0 Å². The summed E-state index contributed by atoms with van der Waals surface area (Å²) in [5, 5.41) is 1.35. The third-order valence-corrected chi connectivity index (χ3v) is 7.56. The second kappa shape index (κ2) is 12.0. The average molecular weight is 516 g/mol. The molecule has 0 radical (unpaired) electrons. The first-order chi connectivity index (χ1) is 17.0. The third-order valence-electron chi connectivity index (χ3n) is 7.02. The van der Waals surface area contributed by atoms with Gasteiger partial charge in [-0.25, -0.2) is 0 Å². The Morgan fingerprint density at radius 3 is 2.51 bits per heavy atom. The Labute approximate surface area is 216 Å². The number of aldehydes is 2. The number of aryl methyl sites for hydroxylation is 1. The zero-order valence-electron chi connectivity index (χ0n) is 19.8. The molecule has 2 aliphatic heterocycles. The molecule has 8 heteroatoms. The smallest absolute Gasteiger partial charge is 0.255 e. The molecule has 4 rings (SSSR count). The van der Waals surface area contributed by atoms with Gasteiger partial charge in [-0.1, -0.05) is 35.3 Å². The molecule has 0 bridgehead atoms. The SMILES string of the molecule is O=CCCC(C=O)N1Cc2c(CCCCN3CCN(c4ccc(Cl)cc4Cl)CC3)cccc2C1=O. The molecule has 0 spiro atoms. The van der Waals surface area contributed by atoms with E-state index in [9.17, 15) is 14.4 Å². The van der Waals surface area contributed by atoms with Crippen LogP contribution in [-0.2, 0) is 22.6 Å². The minimum absolute atomic E-state index is 0.108. The first kappa shape index (κ1) is 25.7. The van der Waals surface area contributed by atoms with E-state index in [2.05, 4.69) is 15.9 Å². The van der Waals surface area contributed by atoms with Gasteiger partial charge >= 0.3 is 0 Å². The van der Waals surface area contributed by atoms with Crippen molar-refractivity contribution < 1.29 is 14.4 Å². The zero-order chi connectivity index (χ0) is 24.8. The van der Waals surface area contributed by atoms with Crippen molar-refractivity contribution in [2.24, 2.45) is 0 Å². The van der Waals surface area contributed by atoms with Crippen LogP contribution in [0.1, 0.15) is 47.2 Å². The van der Waals surface area contributed by atoms with E-state index in [1.54, 1.807) is 11.0 Å². The molecule has 1 amide bonds. The maximum absolute atomic E-state index is 12.9. The summed E-state index contributed by atoms with van der Waals surface area (Å²) in [5.74, 6) is -0.108. The van der Waals surface area contributed by atoms with Crippen LogP contribution in [0.15, 0.2) is 36.4 Å². The van der Waals surface area contributed by atoms with E-state index in [-0.39, 0.29) is 12.3 Å². The van der Waals surface area contributed by atoms with Gasteiger partial charge in [-0.05, 0) is 67.6 Å². The van der Waals surface area contributed by atoms with Crippen LogP contribution in [0.3, 0.4) is 0 Å². The predicted molar refractivity (Wildman–Crippen MR) is 140 cm³/mol. The van der Waals surface area contributed by atoms with Crippen LogP contribution >= 0.6 is 23.2 Å². The lowest BCUT2D eigenvalue weighted by atomic mass is 9.99. The molecule has 0 saturated carbocycles. The highest BCUT2D eigenvalue weighted by atomic mass is 35.5. The lowest BCUT2D eigenvalue weighted by molar-refractivity contribution is -0.112. The van der Waals surface area contributed by atoms with Crippen molar-refractivity contribution >= 4 is 47.4 Å². The summed E-state index contributed by atoms with van der Waals surface area (Å²) in [4.78, 5) is 41.5. The lowest BCUT2D eigenvalue weighted by Gasteiger charge is -2.36. The van der Waals surface area contributed by atoms with Gasteiger partial charge in [-0.15, -0.1) is 0 Å². The summed E-state index contributed by atoms with van der Waals surface area (Å²) in [6, 6.07) is 11.0. The minimum Gasteiger partial charge on any atom is -0.368 e. The molecule has 1 fully saturated rings. The maximum atomic E-state index is 12.9. The van der Waals surface area contributed by atoms with E-state index in [0.29, 0.717) is 28.6 Å². The first-order valence-electron chi connectivity index (χ1n) is 12.2. The molecule has 0 N–H and O–H groups in total. The lowest BCUT2D eigenvalue weighted by Crippen LogP contribution is -2.46.